The van der Waals surface area contributed by atoms with Gasteiger partial charge in [-0.05, 0) is 11.4 Å². The average Bonchev–Trinajstić information content (AvgIpc) is 3.16. The highest BCUT2D eigenvalue weighted by atomic mass is 32.2. The molecule has 1 aromatic heterocycles. The number of carboxylic acid groups (broad SMARTS) is 1. The Morgan fingerprint density at radius 2 is 2.13 bits per heavy atom. The minimum Gasteiger partial charge on any atom is -0.477 e. The predicted octanol–water partition coefficient (Wildman–Crippen LogP) is -0.860. The number of β-lactam (4-membered cyclic amide) rings is 1. The Labute approximate surface area is 184 Å². The van der Waals surface area contributed by atoms with E-state index in [2.05, 4.69) is 5.32 Å². The molecule has 2 atom stereocenters. The second-order valence-corrected chi connectivity index (χ2v) is 9.75. The van der Waals surface area contributed by atoms with Crippen LogP contribution >= 0.6 is 23.1 Å². The van der Waals surface area contributed by atoms with Gasteiger partial charge in [-0.3, -0.25) is 19.3 Å². The first kappa shape index (κ1) is 23.2. The number of hydrogen-bond acceptors (Lipinski definition) is 10. The monoisotopic (exact) mass is 491 g/mol. The first-order valence-corrected chi connectivity index (χ1v) is 12.0. The van der Waals surface area contributed by atoms with E-state index in [9.17, 15) is 32.7 Å². The van der Waals surface area contributed by atoms with Crippen molar-refractivity contribution in [2.45, 2.75) is 24.4 Å². The van der Waals surface area contributed by atoms with Gasteiger partial charge >= 0.3 is 22.2 Å². The lowest BCUT2D eigenvalue weighted by Gasteiger charge is -2.55. The van der Waals surface area contributed by atoms with Gasteiger partial charge in [-0.2, -0.15) is 8.42 Å². The van der Waals surface area contributed by atoms with Gasteiger partial charge in [-0.15, -0.1) is 23.1 Å². The van der Waals surface area contributed by atoms with Crippen LogP contribution in [0.2, 0.25) is 0 Å². The van der Waals surface area contributed by atoms with Crippen LogP contribution in [0.25, 0.3) is 0 Å². The van der Waals surface area contributed by atoms with Crippen molar-refractivity contribution in [2.75, 3.05) is 12.4 Å². The molecule has 0 aromatic carbocycles. The van der Waals surface area contributed by atoms with Gasteiger partial charge in [-0.25, -0.2) is 14.1 Å². The number of carbonyl (C=O) groups excluding carboxylic acids is 3. The number of fused-ring (bicyclic) bond motifs is 1. The number of nitrogens with one attached hydrogen (secondary N) is 1. The third-order valence-electron chi connectivity index (χ3n) is 4.25. The van der Waals surface area contributed by atoms with Gasteiger partial charge in [0.25, 0.3) is 11.6 Å². The molecule has 1 fully saturated rings. The van der Waals surface area contributed by atoms with E-state index >= 15 is 0 Å². The van der Waals surface area contributed by atoms with Crippen LogP contribution in [-0.2, 0) is 44.8 Å². The maximum atomic E-state index is 13.0. The molecular formula is C16H17N3O9S3. The molecule has 0 radical (unpaired) electrons. The van der Waals surface area contributed by atoms with Crippen molar-refractivity contribution >= 4 is 57.2 Å². The van der Waals surface area contributed by atoms with E-state index in [0.717, 1.165) is 23.6 Å². The smallest absolute Gasteiger partial charge is 0.352 e. The molecule has 0 unspecified atom stereocenters. The first-order valence-electron chi connectivity index (χ1n) is 8.55. The molecule has 3 heterocycles. The van der Waals surface area contributed by atoms with E-state index in [4.69, 9.17) is 14.1 Å². The largest absolute Gasteiger partial charge is 0.477 e. The van der Waals surface area contributed by atoms with Crippen molar-refractivity contribution in [1.29, 1.82) is 0 Å². The summed E-state index contributed by atoms with van der Waals surface area (Å²) in [5.74, 6) is -4.01. The maximum Gasteiger partial charge on any atom is 0.352 e. The van der Waals surface area contributed by atoms with Crippen molar-refractivity contribution in [3.63, 3.8) is 0 Å². The highest BCUT2D eigenvalue weighted by molar-refractivity contribution is 8.00. The number of thiophene rings is 1. The quantitative estimate of drug-likeness (QED) is 0.235. The van der Waals surface area contributed by atoms with Gasteiger partial charge < -0.3 is 15.2 Å². The fourth-order valence-electron chi connectivity index (χ4n) is 3.11. The Hall–Kier alpha value is -2.46. The van der Waals surface area contributed by atoms with Crippen molar-refractivity contribution in [3.8, 4) is 0 Å². The molecule has 0 saturated carbocycles. The third kappa shape index (κ3) is 4.74. The summed E-state index contributed by atoms with van der Waals surface area (Å²) in [6, 6.07) is 3.39. The molecule has 0 bridgehead atoms. The molecule has 0 aliphatic carbocycles. The number of rotatable bonds is 8. The first-order chi connectivity index (χ1) is 14.4. The Balaban J connectivity index is 1.92. The molecule has 3 rings (SSSR count). The number of nitrogens with zero attached hydrogens (tertiary/aromatic N) is 1. The van der Waals surface area contributed by atoms with Crippen LogP contribution in [0.5, 0.6) is 0 Å². The Morgan fingerprint density at radius 1 is 1.42 bits per heavy atom. The topological polar surface area (TPSA) is 182 Å². The molecule has 15 heteroatoms. The number of hydrogen-bond donors (Lipinski definition) is 3. The second kappa shape index (κ2) is 8.58. The summed E-state index contributed by atoms with van der Waals surface area (Å²) in [5, 5.41) is 17.3. The van der Waals surface area contributed by atoms with Gasteiger partial charge in [0.15, 0.2) is 0 Å². The second-order valence-electron chi connectivity index (χ2n) is 6.49. The number of amides is 2. The van der Waals surface area contributed by atoms with Crippen LogP contribution in [0.1, 0.15) is 11.8 Å². The van der Waals surface area contributed by atoms with Crippen LogP contribution in [0.15, 0.2) is 28.8 Å². The molecule has 2 aliphatic rings. The van der Waals surface area contributed by atoms with Crippen LogP contribution in [0.3, 0.4) is 0 Å². The van der Waals surface area contributed by atoms with Gasteiger partial charge in [0.2, 0.25) is 5.91 Å². The zero-order valence-corrected chi connectivity index (χ0v) is 18.3. The summed E-state index contributed by atoms with van der Waals surface area (Å²) in [6.07, 6.45) is -0.155. The van der Waals surface area contributed by atoms with E-state index < -0.39 is 50.9 Å². The summed E-state index contributed by atoms with van der Waals surface area (Å²) in [6.45, 7) is 0.775. The lowest BCUT2D eigenvalue weighted by Crippen LogP contribution is -2.81. The Bertz CT molecular complexity index is 1070. The Kier molecular flexibility index (Phi) is 6.43. The zero-order valence-electron chi connectivity index (χ0n) is 15.9. The Morgan fingerprint density at radius 3 is 2.68 bits per heavy atom. The lowest BCUT2D eigenvalue weighted by molar-refractivity contribution is -0.180. The van der Waals surface area contributed by atoms with Crippen molar-refractivity contribution in [3.05, 3.63) is 33.7 Å². The van der Waals surface area contributed by atoms with Crippen LogP contribution < -0.4 is 10.5 Å². The van der Waals surface area contributed by atoms with Gasteiger partial charge in [-0.1, -0.05) is 6.07 Å². The number of aliphatic carboxylic acids is 1. The fourth-order valence-corrected chi connectivity index (χ4v) is 5.81. The van der Waals surface area contributed by atoms with Crippen molar-refractivity contribution in [1.82, 2.24) is 10.2 Å². The van der Waals surface area contributed by atoms with Crippen LogP contribution in [0.4, 0.5) is 0 Å². The molecule has 0 spiro atoms. The molecule has 31 heavy (non-hydrogen) atoms. The van der Waals surface area contributed by atoms with E-state index in [1.807, 2.05) is 0 Å². The molecule has 4 N–H and O–H groups in total. The predicted molar refractivity (Wildman–Crippen MR) is 107 cm³/mol. The average molecular weight is 492 g/mol. The van der Waals surface area contributed by atoms with Gasteiger partial charge in [0, 0.05) is 23.1 Å². The highest BCUT2D eigenvalue weighted by Gasteiger charge is 2.68. The summed E-state index contributed by atoms with van der Waals surface area (Å²) in [5.41, 5.74) is -2.75. The van der Waals surface area contributed by atoms with E-state index in [1.54, 1.807) is 17.5 Å². The zero-order chi connectivity index (χ0) is 23.0. The minimum atomic E-state index is -4.71. The molecule has 1 saturated heterocycles. The standard InChI is InChI=1S/C16H17N3O9S3/c1-8(20)27-6-9-7-30-15-16(28-31(17,25)26,14(24)19(15)12(9)13(22)23)18-11(21)5-10-3-2-4-29-10/h2-4,15H,5-7H2,1H3,(H,18,21)(H,22,23)(H2,17,25,26)/t15-,16-/m1/s1. The number of esters is 1. The van der Waals surface area contributed by atoms with E-state index in [1.165, 1.54) is 11.3 Å². The highest BCUT2D eigenvalue weighted by Crippen LogP contribution is 2.47. The van der Waals surface area contributed by atoms with E-state index in [-0.39, 0.29) is 24.4 Å². The molecular weight excluding hydrogens is 474 g/mol. The molecule has 168 valence electrons. The third-order valence-corrected chi connectivity index (χ3v) is 7.00. The summed E-state index contributed by atoms with van der Waals surface area (Å²) in [7, 11) is -4.71. The van der Waals surface area contributed by atoms with Crippen molar-refractivity contribution < 1.29 is 41.6 Å². The van der Waals surface area contributed by atoms with Crippen LogP contribution in [-0.4, -0.2) is 65.6 Å². The molecule has 2 aliphatic heterocycles. The molecule has 2 amide bonds. The fraction of sp³-hybridized carbons (Fsp3) is 0.375. The normalized spacial score (nSPS) is 23.1. The number of carboxylic acids is 1. The number of thioether (sulfide) groups is 1. The number of nitrogens with two attached hydrogens (primary N) is 1. The maximum absolute atomic E-state index is 13.0. The SMILES string of the molecule is CC(=O)OCC1=C(C(=O)O)N2C(=O)[C@@](NC(=O)Cc3cccs3)(OS(N)(=O)=O)[C@H]2SC1. The lowest BCUT2D eigenvalue weighted by atomic mass is 9.98. The number of carbonyl (C=O) groups is 4. The summed E-state index contributed by atoms with van der Waals surface area (Å²) >= 11 is 2.21. The van der Waals surface area contributed by atoms with Crippen LogP contribution in [0, 0.1) is 0 Å². The minimum absolute atomic E-state index is 0.0279. The van der Waals surface area contributed by atoms with E-state index in [0.29, 0.717) is 4.88 Å². The summed E-state index contributed by atoms with van der Waals surface area (Å²) < 4.78 is 32.9. The van der Waals surface area contributed by atoms with Gasteiger partial charge in [0.1, 0.15) is 17.7 Å². The number of ether oxygens (including phenoxy) is 1. The molecule has 12 nitrogen and oxygen atoms in total. The van der Waals surface area contributed by atoms with Crippen molar-refractivity contribution in [2.24, 2.45) is 5.14 Å². The summed E-state index contributed by atoms with van der Waals surface area (Å²) in [4.78, 5) is 49.8. The molecule has 1 aromatic rings. The van der Waals surface area contributed by atoms with Gasteiger partial charge in [0.05, 0.1) is 6.42 Å².